The minimum Gasteiger partial charge on any atom is -0.319 e. The molecule has 0 bridgehead atoms. The summed E-state index contributed by atoms with van der Waals surface area (Å²) < 4.78 is 1.77. The van der Waals surface area contributed by atoms with Gasteiger partial charge >= 0.3 is 0 Å². The number of carbonyl (C=O) groups excluding carboxylic acids is 1. The Hall–Kier alpha value is -3.22. The monoisotopic (exact) mass is 309 g/mol. The second-order valence-electron chi connectivity index (χ2n) is 5.12. The van der Waals surface area contributed by atoms with Crippen LogP contribution in [0.15, 0.2) is 47.3 Å². The molecule has 116 valence electrons. The quantitative estimate of drug-likeness (QED) is 0.772. The molecule has 0 aliphatic rings. The molecule has 0 radical (unpaired) electrons. The van der Waals surface area contributed by atoms with Gasteiger partial charge < -0.3 is 5.32 Å². The lowest BCUT2D eigenvalue weighted by Crippen LogP contribution is -2.18. The Morgan fingerprint density at radius 3 is 2.61 bits per heavy atom. The van der Waals surface area contributed by atoms with E-state index in [0.29, 0.717) is 5.69 Å². The molecule has 0 saturated heterocycles. The van der Waals surface area contributed by atoms with Crippen LogP contribution in [-0.2, 0) is 0 Å². The van der Waals surface area contributed by atoms with Crippen molar-refractivity contribution in [2.24, 2.45) is 0 Å². The van der Waals surface area contributed by atoms with Crippen molar-refractivity contribution in [2.45, 2.75) is 13.8 Å². The van der Waals surface area contributed by atoms with E-state index < -0.39 is 5.91 Å². The van der Waals surface area contributed by atoms with Gasteiger partial charge in [0.25, 0.3) is 11.5 Å². The molecule has 0 fully saturated rings. The van der Waals surface area contributed by atoms with Gasteiger partial charge in [0.05, 0.1) is 17.1 Å². The molecule has 3 rings (SSSR count). The molecule has 0 unspecified atom stereocenters. The van der Waals surface area contributed by atoms with Crippen LogP contribution in [0, 0.1) is 13.8 Å². The third kappa shape index (κ3) is 3.03. The van der Waals surface area contributed by atoms with Crippen LogP contribution in [0.5, 0.6) is 0 Å². The second kappa shape index (κ2) is 5.88. The summed E-state index contributed by atoms with van der Waals surface area (Å²) in [6.45, 7) is 3.86. The number of nitrogens with one attached hydrogen (secondary N) is 2. The van der Waals surface area contributed by atoms with Crippen molar-refractivity contribution in [1.29, 1.82) is 0 Å². The zero-order chi connectivity index (χ0) is 16.4. The van der Waals surface area contributed by atoms with Crippen LogP contribution in [0.4, 0.5) is 5.69 Å². The molecule has 0 atom stereocenters. The van der Waals surface area contributed by atoms with Crippen LogP contribution in [0.1, 0.15) is 21.9 Å². The Kier molecular flexibility index (Phi) is 3.76. The van der Waals surface area contributed by atoms with Crippen LogP contribution < -0.4 is 10.9 Å². The highest BCUT2D eigenvalue weighted by Crippen LogP contribution is 2.21. The fraction of sp³-hybridized carbons (Fsp3) is 0.125. The number of H-pyrrole nitrogens is 1. The number of nitrogens with zero attached hydrogens (tertiary/aromatic N) is 3. The van der Waals surface area contributed by atoms with Crippen LogP contribution in [0.25, 0.3) is 5.69 Å². The molecular formula is C16H15N5O2. The number of carbonyl (C=O) groups is 1. The first-order valence-electron chi connectivity index (χ1n) is 7.04. The minimum absolute atomic E-state index is 0.132. The Morgan fingerprint density at radius 1 is 1.17 bits per heavy atom. The summed E-state index contributed by atoms with van der Waals surface area (Å²) in [4.78, 5) is 23.3. The molecule has 7 heteroatoms. The van der Waals surface area contributed by atoms with Gasteiger partial charge in [0.2, 0.25) is 0 Å². The highest BCUT2D eigenvalue weighted by molar-refractivity contribution is 6.03. The van der Waals surface area contributed by atoms with Gasteiger partial charge in [-0.15, -0.1) is 0 Å². The van der Waals surface area contributed by atoms with Crippen LogP contribution in [-0.4, -0.2) is 25.9 Å². The van der Waals surface area contributed by atoms with Crippen LogP contribution in [0.3, 0.4) is 0 Å². The summed E-state index contributed by atoms with van der Waals surface area (Å²) in [5, 5.41) is 13.2. The van der Waals surface area contributed by atoms with Gasteiger partial charge in [-0.25, -0.2) is 9.78 Å². The Balaban J connectivity index is 1.95. The fourth-order valence-corrected chi connectivity index (χ4v) is 2.29. The van der Waals surface area contributed by atoms with Crippen molar-refractivity contribution in [2.75, 3.05) is 5.32 Å². The number of hydrogen-bond donors (Lipinski definition) is 2. The summed E-state index contributed by atoms with van der Waals surface area (Å²) in [5.74, 6) is -0.407. The average Bonchev–Trinajstić information content (AvgIpc) is 2.87. The molecule has 0 aliphatic heterocycles. The van der Waals surface area contributed by atoms with E-state index in [-0.39, 0.29) is 11.3 Å². The number of aromatic amines is 1. The second-order valence-corrected chi connectivity index (χ2v) is 5.12. The first-order chi connectivity index (χ1) is 11.0. The third-order valence-electron chi connectivity index (χ3n) is 3.30. The number of aromatic nitrogens is 4. The molecule has 7 nitrogen and oxygen atoms in total. The van der Waals surface area contributed by atoms with Crippen molar-refractivity contribution in [3.63, 3.8) is 0 Å². The molecular weight excluding hydrogens is 294 g/mol. The van der Waals surface area contributed by atoms with Gasteiger partial charge in [-0.3, -0.25) is 9.59 Å². The highest BCUT2D eigenvalue weighted by Gasteiger charge is 2.13. The number of anilines is 1. The number of benzene rings is 1. The Morgan fingerprint density at radius 2 is 1.96 bits per heavy atom. The summed E-state index contributed by atoms with van der Waals surface area (Å²) in [6.07, 6.45) is 0. The molecule has 23 heavy (non-hydrogen) atoms. The summed E-state index contributed by atoms with van der Waals surface area (Å²) in [7, 11) is 0. The zero-order valence-corrected chi connectivity index (χ0v) is 12.7. The fourth-order valence-electron chi connectivity index (χ4n) is 2.29. The summed E-state index contributed by atoms with van der Waals surface area (Å²) >= 11 is 0. The van der Waals surface area contributed by atoms with Crippen molar-refractivity contribution in [3.05, 3.63) is 69.9 Å². The maximum atomic E-state index is 12.3. The Bertz CT molecular complexity index is 906. The van der Waals surface area contributed by atoms with Gasteiger partial charge in [0, 0.05) is 11.8 Å². The first kappa shape index (κ1) is 14.7. The van der Waals surface area contributed by atoms with Crippen molar-refractivity contribution in [3.8, 4) is 5.69 Å². The molecule has 0 saturated carbocycles. The zero-order valence-electron chi connectivity index (χ0n) is 12.7. The molecule has 3 aromatic rings. The molecule has 0 aliphatic carbocycles. The lowest BCUT2D eigenvalue weighted by Gasteiger charge is -2.12. The van der Waals surface area contributed by atoms with Crippen molar-refractivity contribution < 1.29 is 4.79 Å². The third-order valence-corrected chi connectivity index (χ3v) is 3.30. The van der Waals surface area contributed by atoms with Crippen molar-refractivity contribution >= 4 is 11.6 Å². The van der Waals surface area contributed by atoms with Gasteiger partial charge in [-0.2, -0.15) is 10.2 Å². The van der Waals surface area contributed by atoms with E-state index >= 15 is 0 Å². The van der Waals surface area contributed by atoms with E-state index in [0.717, 1.165) is 17.1 Å². The van der Waals surface area contributed by atoms with Gasteiger partial charge in [0.1, 0.15) is 5.69 Å². The predicted molar refractivity (Wildman–Crippen MR) is 85.8 cm³/mol. The first-order valence-corrected chi connectivity index (χ1v) is 7.04. The number of aryl methyl sites for hydroxylation is 2. The van der Waals surface area contributed by atoms with Crippen LogP contribution >= 0.6 is 0 Å². The number of hydrogen-bond acceptors (Lipinski definition) is 4. The molecule has 2 heterocycles. The standard InChI is InChI=1S/C16H15N5O2/c1-10-9-11(2)21(20-10)14-6-4-3-5-12(14)17-16(23)13-7-8-15(22)19-18-13/h3-9H,1-2H3,(H,17,23)(H,19,22). The normalized spacial score (nSPS) is 10.5. The summed E-state index contributed by atoms with van der Waals surface area (Å²) in [5.41, 5.74) is 3.00. The highest BCUT2D eigenvalue weighted by atomic mass is 16.2. The van der Waals surface area contributed by atoms with Crippen LogP contribution in [0.2, 0.25) is 0 Å². The lowest BCUT2D eigenvalue weighted by molar-refractivity contribution is 0.102. The number of rotatable bonds is 3. The molecule has 2 N–H and O–H groups in total. The van der Waals surface area contributed by atoms with E-state index in [2.05, 4.69) is 20.6 Å². The van der Waals surface area contributed by atoms with E-state index in [4.69, 9.17) is 0 Å². The maximum Gasteiger partial charge on any atom is 0.276 e. The van der Waals surface area contributed by atoms with E-state index in [1.807, 2.05) is 38.1 Å². The number of amides is 1. The molecule has 0 spiro atoms. The predicted octanol–water partition coefficient (Wildman–Crippen LogP) is 1.82. The van der Waals surface area contributed by atoms with E-state index in [1.165, 1.54) is 12.1 Å². The van der Waals surface area contributed by atoms with Gasteiger partial charge in [0.15, 0.2) is 0 Å². The Labute approximate surface area is 132 Å². The minimum atomic E-state index is -0.407. The summed E-state index contributed by atoms with van der Waals surface area (Å²) in [6, 6.07) is 12.0. The SMILES string of the molecule is Cc1cc(C)n(-c2ccccc2NC(=O)c2ccc(=O)[nH]n2)n1. The van der Waals surface area contributed by atoms with Gasteiger partial charge in [-0.05, 0) is 38.1 Å². The molecule has 1 amide bonds. The largest absolute Gasteiger partial charge is 0.319 e. The molecule has 2 aromatic heterocycles. The van der Waals surface area contributed by atoms with E-state index in [9.17, 15) is 9.59 Å². The van der Waals surface area contributed by atoms with Crippen molar-refractivity contribution in [1.82, 2.24) is 20.0 Å². The maximum absolute atomic E-state index is 12.3. The smallest absolute Gasteiger partial charge is 0.276 e. The topological polar surface area (TPSA) is 92.7 Å². The number of para-hydroxylation sites is 2. The van der Waals surface area contributed by atoms with Gasteiger partial charge in [-0.1, -0.05) is 12.1 Å². The molecule has 1 aromatic carbocycles. The van der Waals surface area contributed by atoms with E-state index in [1.54, 1.807) is 10.7 Å². The average molecular weight is 309 g/mol. The lowest BCUT2D eigenvalue weighted by atomic mass is 10.2.